The first-order valence-electron chi connectivity index (χ1n) is 11.3. The Kier molecular flexibility index (Phi) is 10.1. The molecule has 6 heteroatoms. The number of carbonyl (C=O) groups excluding carboxylic acids is 2. The highest BCUT2D eigenvalue weighted by atomic mass is 16.6. The number of unbranched alkanes of at least 4 members (excludes halogenated alkanes) is 1. The standard InChI is InChI=1S/C26H36N2O4/c1-5-6-17-23(27-24(29)32-26(2,3)4)20-31-25(30)28(18-21-13-9-7-10-14-21)19-22-15-11-8-12-16-22/h7-16,23H,5-6,17-20H2,1-4H3,(H,27,29)/t23-/m1/s1. The number of amides is 2. The molecule has 0 aliphatic carbocycles. The summed E-state index contributed by atoms with van der Waals surface area (Å²) in [5.74, 6) is 0. The van der Waals surface area contributed by atoms with Crippen LogP contribution in [0.5, 0.6) is 0 Å². The predicted molar refractivity (Wildman–Crippen MR) is 126 cm³/mol. The molecule has 2 aromatic carbocycles. The van der Waals surface area contributed by atoms with E-state index in [0.29, 0.717) is 19.5 Å². The average Bonchev–Trinajstić information content (AvgIpc) is 2.75. The van der Waals surface area contributed by atoms with Crippen LogP contribution >= 0.6 is 0 Å². The van der Waals surface area contributed by atoms with Gasteiger partial charge in [0.05, 0.1) is 6.04 Å². The molecule has 0 aliphatic heterocycles. The Balaban J connectivity index is 2.03. The summed E-state index contributed by atoms with van der Waals surface area (Å²) in [5, 5.41) is 2.85. The first-order chi connectivity index (χ1) is 15.3. The average molecular weight is 441 g/mol. The van der Waals surface area contributed by atoms with Crippen molar-refractivity contribution in [1.29, 1.82) is 0 Å². The highest BCUT2D eigenvalue weighted by Crippen LogP contribution is 2.13. The summed E-state index contributed by atoms with van der Waals surface area (Å²) in [5.41, 5.74) is 1.46. The number of rotatable bonds is 10. The van der Waals surface area contributed by atoms with E-state index in [4.69, 9.17) is 9.47 Å². The third-order valence-electron chi connectivity index (χ3n) is 4.73. The van der Waals surface area contributed by atoms with E-state index in [0.717, 1.165) is 24.0 Å². The molecule has 1 N–H and O–H groups in total. The lowest BCUT2D eigenvalue weighted by Crippen LogP contribution is -2.43. The van der Waals surface area contributed by atoms with Gasteiger partial charge in [0, 0.05) is 13.1 Å². The lowest BCUT2D eigenvalue weighted by Gasteiger charge is -2.26. The van der Waals surface area contributed by atoms with Crippen molar-refractivity contribution in [3.8, 4) is 0 Å². The van der Waals surface area contributed by atoms with Crippen LogP contribution in [0.3, 0.4) is 0 Å². The van der Waals surface area contributed by atoms with Gasteiger partial charge >= 0.3 is 12.2 Å². The number of nitrogens with zero attached hydrogens (tertiary/aromatic N) is 1. The molecule has 0 aromatic heterocycles. The topological polar surface area (TPSA) is 67.9 Å². The summed E-state index contributed by atoms with van der Waals surface area (Å²) in [6.07, 6.45) is 1.69. The van der Waals surface area contributed by atoms with Crippen molar-refractivity contribution in [2.75, 3.05) is 6.61 Å². The van der Waals surface area contributed by atoms with Gasteiger partial charge in [0.1, 0.15) is 12.2 Å². The monoisotopic (exact) mass is 440 g/mol. The normalized spacial score (nSPS) is 12.0. The van der Waals surface area contributed by atoms with Gasteiger partial charge in [-0.15, -0.1) is 0 Å². The Labute approximate surface area is 191 Å². The molecule has 0 aliphatic rings. The van der Waals surface area contributed by atoms with Crippen molar-refractivity contribution in [3.05, 3.63) is 71.8 Å². The fraction of sp³-hybridized carbons (Fsp3) is 0.462. The van der Waals surface area contributed by atoms with Gasteiger partial charge in [-0.1, -0.05) is 80.4 Å². The van der Waals surface area contributed by atoms with Crippen LogP contribution < -0.4 is 5.32 Å². The summed E-state index contributed by atoms with van der Waals surface area (Å²) in [4.78, 5) is 26.9. The molecule has 0 fully saturated rings. The fourth-order valence-electron chi connectivity index (χ4n) is 3.18. The number of nitrogens with one attached hydrogen (secondary N) is 1. The van der Waals surface area contributed by atoms with E-state index in [2.05, 4.69) is 12.2 Å². The van der Waals surface area contributed by atoms with Crippen molar-refractivity contribution in [1.82, 2.24) is 10.2 Å². The fourth-order valence-corrected chi connectivity index (χ4v) is 3.18. The number of hydrogen-bond acceptors (Lipinski definition) is 4. The second kappa shape index (κ2) is 12.7. The van der Waals surface area contributed by atoms with Crippen molar-refractivity contribution in [2.45, 2.75) is 71.7 Å². The first kappa shape index (κ1) is 25.2. The lowest BCUT2D eigenvalue weighted by molar-refractivity contribution is 0.0442. The van der Waals surface area contributed by atoms with E-state index < -0.39 is 17.8 Å². The minimum atomic E-state index is -0.585. The van der Waals surface area contributed by atoms with E-state index in [1.165, 1.54) is 0 Å². The SMILES string of the molecule is CCCC[C@H](COC(=O)N(Cc1ccccc1)Cc1ccccc1)NC(=O)OC(C)(C)C. The van der Waals surface area contributed by atoms with Gasteiger partial charge in [-0.3, -0.25) is 4.90 Å². The van der Waals surface area contributed by atoms with Crippen LogP contribution in [-0.4, -0.2) is 35.3 Å². The number of ether oxygens (including phenoxy) is 2. The molecule has 2 rings (SSSR count). The van der Waals surface area contributed by atoms with E-state index in [1.54, 1.807) is 4.90 Å². The highest BCUT2D eigenvalue weighted by molar-refractivity contribution is 5.69. The van der Waals surface area contributed by atoms with E-state index in [-0.39, 0.29) is 12.6 Å². The van der Waals surface area contributed by atoms with Crippen LogP contribution in [0.1, 0.15) is 58.1 Å². The van der Waals surface area contributed by atoms with Crippen LogP contribution in [0.4, 0.5) is 9.59 Å². The van der Waals surface area contributed by atoms with E-state index in [9.17, 15) is 9.59 Å². The van der Waals surface area contributed by atoms with Crippen molar-refractivity contribution in [2.24, 2.45) is 0 Å². The van der Waals surface area contributed by atoms with Crippen molar-refractivity contribution >= 4 is 12.2 Å². The molecule has 0 unspecified atom stereocenters. The Bertz CT molecular complexity index is 777. The summed E-state index contributed by atoms with van der Waals surface area (Å²) in [6, 6.07) is 19.3. The highest BCUT2D eigenvalue weighted by Gasteiger charge is 2.22. The second-order valence-corrected chi connectivity index (χ2v) is 8.89. The molecule has 0 spiro atoms. The van der Waals surface area contributed by atoms with Crippen LogP contribution in [0, 0.1) is 0 Å². The molecule has 6 nitrogen and oxygen atoms in total. The third kappa shape index (κ3) is 9.86. The van der Waals surface area contributed by atoms with Crippen molar-refractivity contribution in [3.63, 3.8) is 0 Å². The molecule has 2 aromatic rings. The molecule has 32 heavy (non-hydrogen) atoms. The van der Waals surface area contributed by atoms with Gasteiger partial charge in [0.2, 0.25) is 0 Å². The van der Waals surface area contributed by atoms with Gasteiger partial charge in [-0.25, -0.2) is 9.59 Å². The van der Waals surface area contributed by atoms with Gasteiger partial charge < -0.3 is 14.8 Å². The van der Waals surface area contributed by atoms with Crippen molar-refractivity contribution < 1.29 is 19.1 Å². The van der Waals surface area contributed by atoms with Crippen LogP contribution in [0.2, 0.25) is 0 Å². The maximum absolute atomic E-state index is 13.0. The summed E-state index contributed by atoms with van der Waals surface area (Å²) >= 11 is 0. The van der Waals surface area contributed by atoms with Crippen LogP contribution in [0.15, 0.2) is 60.7 Å². The molecule has 1 atom stereocenters. The molecule has 0 saturated carbocycles. The van der Waals surface area contributed by atoms with E-state index in [1.807, 2.05) is 81.4 Å². The Morgan fingerprint density at radius 1 is 0.938 bits per heavy atom. The Morgan fingerprint density at radius 3 is 1.94 bits per heavy atom. The smallest absolute Gasteiger partial charge is 0.410 e. The number of carbonyl (C=O) groups is 2. The minimum Gasteiger partial charge on any atom is -0.447 e. The molecular formula is C26H36N2O4. The zero-order valence-corrected chi connectivity index (χ0v) is 19.7. The quantitative estimate of drug-likeness (QED) is 0.499. The molecule has 174 valence electrons. The molecule has 0 bridgehead atoms. The zero-order chi connectivity index (χ0) is 23.4. The molecule has 0 radical (unpaired) electrons. The Morgan fingerprint density at radius 2 is 1.47 bits per heavy atom. The zero-order valence-electron chi connectivity index (χ0n) is 19.7. The number of alkyl carbamates (subject to hydrolysis) is 1. The third-order valence-corrected chi connectivity index (χ3v) is 4.73. The summed E-state index contributed by atoms with van der Waals surface area (Å²) < 4.78 is 11.0. The largest absolute Gasteiger partial charge is 0.447 e. The van der Waals surface area contributed by atoms with Gasteiger partial charge in [-0.2, -0.15) is 0 Å². The van der Waals surface area contributed by atoms with Crippen LogP contribution in [0.25, 0.3) is 0 Å². The van der Waals surface area contributed by atoms with E-state index >= 15 is 0 Å². The predicted octanol–water partition coefficient (Wildman–Crippen LogP) is 5.91. The van der Waals surface area contributed by atoms with Gasteiger partial charge in [0.15, 0.2) is 0 Å². The molecule has 0 saturated heterocycles. The number of benzene rings is 2. The van der Waals surface area contributed by atoms with Gasteiger partial charge in [-0.05, 0) is 38.3 Å². The summed E-state index contributed by atoms with van der Waals surface area (Å²) in [7, 11) is 0. The maximum atomic E-state index is 13.0. The first-order valence-corrected chi connectivity index (χ1v) is 11.3. The number of hydrogen-bond donors (Lipinski definition) is 1. The Hall–Kier alpha value is -3.02. The van der Waals surface area contributed by atoms with Gasteiger partial charge in [0.25, 0.3) is 0 Å². The van der Waals surface area contributed by atoms with Crippen LogP contribution in [-0.2, 0) is 22.6 Å². The summed E-state index contributed by atoms with van der Waals surface area (Å²) in [6.45, 7) is 8.51. The molecule has 2 amide bonds. The maximum Gasteiger partial charge on any atom is 0.410 e. The second-order valence-electron chi connectivity index (χ2n) is 8.89. The lowest BCUT2D eigenvalue weighted by atomic mass is 10.1. The molecular weight excluding hydrogens is 404 g/mol. The molecule has 0 heterocycles. The minimum absolute atomic E-state index is 0.0954.